The Morgan fingerprint density at radius 2 is 1.77 bits per heavy atom. The Balaban J connectivity index is 1.53. The molecule has 0 aliphatic carbocycles. The highest BCUT2D eigenvalue weighted by Gasteiger charge is 2.31. The number of hydrogen-bond donors (Lipinski definition) is 0. The lowest BCUT2D eigenvalue weighted by Crippen LogP contribution is -2.46. The van der Waals surface area contributed by atoms with Gasteiger partial charge < -0.3 is 9.47 Å². The van der Waals surface area contributed by atoms with Crippen LogP contribution >= 0.6 is 23.2 Å². The number of fused-ring (bicyclic) bond motifs is 2. The molecule has 0 N–H and O–H groups in total. The fourth-order valence-electron chi connectivity index (χ4n) is 4.19. The number of carbonyl (C=O) groups excluding carboxylic acids is 1. The molecule has 4 nitrogen and oxygen atoms in total. The van der Waals surface area contributed by atoms with Gasteiger partial charge in [-0.05, 0) is 47.9 Å². The van der Waals surface area contributed by atoms with Gasteiger partial charge in [0.25, 0.3) is 5.91 Å². The summed E-state index contributed by atoms with van der Waals surface area (Å²) in [4.78, 5) is 19.9. The number of hydrogen-bond acceptors (Lipinski definition) is 2. The first-order chi connectivity index (χ1) is 14.6. The van der Waals surface area contributed by atoms with Crippen LogP contribution in [0.4, 0.5) is 0 Å². The van der Waals surface area contributed by atoms with E-state index in [0.717, 1.165) is 17.5 Å². The van der Waals surface area contributed by atoms with E-state index in [0.29, 0.717) is 28.7 Å². The number of halogens is 2. The van der Waals surface area contributed by atoms with E-state index in [4.69, 9.17) is 23.2 Å². The molecule has 0 saturated heterocycles. The van der Waals surface area contributed by atoms with Gasteiger partial charge in [0.05, 0.1) is 34.0 Å². The minimum atomic E-state index is -0.0828. The summed E-state index contributed by atoms with van der Waals surface area (Å²) in [5.74, 6) is -0.0828. The van der Waals surface area contributed by atoms with E-state index >= 15 is 0 Å². The molecule has 2 heterocycles. The zero-order chi connectivity index (χ0) is 20.7. The van der Waals surface area contributed by atoms with Crippen LogP contribution in [-0.2, 0) is 19.5 Å². The average molecular weight is 436 g/mol. The molecule has 3 aromatic carbocycles. The molecule has 1 atom stereocenters. The van der Waals surface area contributed by atoms with Crippen molar-refractivity contribution in [3.05, 3.63) is 99.8 Å². The first kappa shape index (κ1) is 19.2. The fourth-order valence-corrected chi connectivity index (χ4v) is 4.68. The van der Waals surface area contributed by atoms with Gasteiger partial charge >= 0.3 is 0 Å². The number of rotatable bonds is 3. The molecule has 0 radical (unpaired) electrons. The molecule has 0 spiro atoms. The van der Waals surface area contributed by atoms with Gasteiger partial charge in [-0.15, -0.1) is 0 Å². The summed E-state index contributed by atoms with van der Waals surface area (Å²) in [6.45, 7) is 1.21. The van der Waals surface area contributed by atoms with Crippen molar-refractivity contribution in [1.29, 1.82) is 0 Å². The maximum Gasteiger partial charge on any atom is 0.255 e. The first-order valence-electron chi connectivity index (χ1n) is 9.83. The normalized spacial score (nSPS) is 15.9. The lowest BCUT2D eigenvalue weighted by molar-refractivity contribution is 0.0620. The predicted molar refractivity (Wildman–Crippen MR) is 120 cm³/mol. The maximum absolute atomic E-state index is 13.5. The summed E-state index contributed by atoms with van der Waals surface area (Å²) in [7, 11) is 0. The van der Waals surface area contributed by atoms with Crippen LogP contribution in [0.5, 0.6) is 0 Å². The second-order valence-corrected chi connectivity index (χ2v) is 8.41. The molecule has 1 aromatic heterocycles. The minimum Gasteiger partial charge on any atom is -0.329 e. The van der Waals surface area contributed by atoms with Crippen molar-refractivity contribution >= 4 is 40.1 Å². The van der Waals surface area contributed by atoms with Gasteiger partial charge in [-0.2, -0.15) is 0 Å². The molecule has 1 aliphatic heterocycles. The Labute approximate surface area is 184 Å². The first-order valence-corrected chi connectivity index (χ1v) is 10.6. The number of amides is 1. The lowest BCUT2D eigenvalue weighted by atomic mass is 9.93. The third kappa shape index (κ3) is 3.47. The SMILES string of the molecule is O=C(c1ccc(Cl)cc1Cl)N1Cc2ccccc2CC1Cn1cnc2ccccc21. The van der Waals surface area contributed by atoms with Gasteiger partial charge in [0.1, 0.15) is 0 Å². The monoisotopic (exact) mass is 435 g/mol. The van der Waals surface area contributed by atoms with Gasteiger partial charge in [-0.3, -0.25) is 4.79 Å². The van der Waals surface area contributed by atoms with Crippen molar-refractivity contribution in [3.63, 3.8) is 0 Å². The van der Waals surface area contributed by atoms with Gasteiger partial charge in [-0.1, -0.05) is 59.6 Å². The molecule has 1 amide bonds. The van der Waals surface area contributed by atoms with Crippen molar-refractivity contribution in [1.82, 2.24) is 14.5 Å². The summed E-state index contributed by atoms with van der Waals surface area (Å²) in [6.07, 6.45) is 2.63. The molecule has 150 valence electrons. The van der Waals surface area contributed by atoms with Gasteiger partial charge in [0.15, 0.2) is 0 Å². The summed E-state index contributed by atoms with van der Waals surface area (Å²) >= 11 is 12.4. The molecule has 0 saturated carbocycles. The zero-order valence-electron chi connectivity index (χ0n) is 16.1. The molecule has 30 heavy (non-hydrogen) atoms. The summed E-state index contributed by atoms with van der Waals surface area (Å²) in [6, 6.07) is 21.4. The topological polar surface area (TPSA) is 38.1 Å². The van der Waals surface area contributed by atoms with Crippen LogP contribution in [0.2, 0.25) is 10.0 Å². The highest BCUT2D eigenvalue weighted by atomic mass is 35.5. The van der Waals surface area contributed by atoms with Crippen LogP contribution in [0.25, 0.3) is 11.0 Å². The predicted octanol–water partition coefficient (Wildman–Crippen LogP) is 5.61. The number of imidazole rings is 1. The summed E-state index contributed by atoms with van der Waals surface area (Å²) in [5, 5.41) is 0.889. The van der Waals surface area contributed by atoms with E-state index in [1.165, 1.54) is 11.1 Å². The van der Waals surface area contributed by atoms with E-state index in [-0.39, 0.29) is 11.9 Å². The minimum absolute atomic E-state index is 0.0169. The molecule has 5 rings (SSSR count). The molecule has 4 aromatic rings. The largest absolute Gasteiger partial charge is 0.329 e. The van der Waals surface area contributed by atoms with E-state index < -0.39 is 0 Å². The lowest BCUT2D eigenvalue weighted by Gasteiger charge is -2.37. The van der Waals surface area contributed by atoms with Gasteiger partial charge in [-0.25, -0.2) is 4.98 Å². The molecule has 1 unspecified atom stereocenters. The van der Waals surface area contributed by atoms with E-state index in [9.17, 15) is 4.79 Å². The average Bonchev–Trinajstić information content (AvgIpc) is 3.16. The highest BCUT2D eigenvalue weighted by Crippen LogP contribution is 2.29. The molecular formula is C24H19Cl2N3O. The number of para-hydroxylation sites is 2. The quantitative estimate of drug-likeness (QED) is 0.419. The third-order valence-electron chi connectivity index (χ3n) is 5.71. The number of nitrogens with zero attached hydrogens (tertiary/aromatic N) is 3. The molecule has 1 aliphatic rings. The summed E-state index contributed by atoms with van der Waals surface area (Å²) < 4.78 is 2.12. The van der Waals surface area contributed by atoms with Crippen LogP contribution < -0.4 is 0 Å². The van der Waals surface area contributed by atoms with E-state index in [1.807, 2.05) is 35.5 Å². The van der Waals surface area contributed by atoms with Crippen molar-refractivity contribution in [2.45, 2.75) is 25.6 Å². The fraction of sp³-hybridized carbons (Fsp3) is 0.167. The van der Waals surface area contributed by atoms with Gasteiger partial charge in [0.2, 0.25) is 0 Å². The molecule has 0 fully saturated rings. The summed E-state index contributed by atoms with van der Waals surface area (Å²) in [5.41, 5.74) is 4.93. The second kappa shape index (κ2) is 7.78. The van der Waals surface area contributed by atoms with Crippen molar-refractivity contribution in [2.24, 2.45) is 0 Å². The number of benzene rings is 3. The van der Waals surface area contributed by atoms with Crippen molar-refractivity contribution in [2.75, 3.05) is 0 Å². The third-order valence-corrected chi connectivity index (χ3v) is 6.26. The molecule has 0 bridgehead atoms. The van der Waals surface area contributed by atoms with Crippen LogP contribution in [-0.4, -0.2) is 26.4 Å². The highest BCUT2D eigenvalue weighted by molar-refractivity contribution is 6.36. The molecular weight excluding hydrogens is 417 g/mol. The van der Waals surface area contributed by atoms with E-state index in [2.05, 4.69) is 33.8 Å². The maximum atomic E-state index is 13.5. The number of carbonyl (C=O) groups is 1. The van der Waals surface area contributed by atoms with Crippen LogP contribution in [0.3, 0.4) is 0 Å². The number of aromatic nitrogens is 2. The Morgan fingerprint density at radius 1 is 1.00 bits per heavy atom. The zero-order valence-corrected chi connectivity index (χ0v) is 17.6. The van der Waals surface area contributed by atoms with E-state index in [1.54, 1.807) is 18.2 Å². The van der Waals surface area contributed by atoms with Crippen LogP contribution in [0, 0.1) is 0 Å². The van der Waals surface area contributed by atoms with Crippen molar-refractivity contribution < 1.29 is 4.79 Å². The van der Waals surface area contributed by atoms with Crippen LogP contribution in [0.15, 0.2) is 73.1 Å². The standard InChI is InChI=1S/C24H19Cl2N3O/c25-18-9-10-20(21(26)12-18)24(30)29-13-17-6-2-1-5-16(17)11-19(29)14-28-15-27-22-7-3-4-8-23(22)28/h1-10,12,15,19H,11,13-14H2. The van der Waals surface area contributed by atoms with Gasteiger partial charge in [0, 0.05) is 18.1 Å². The van der Waals surface area contributed by atoms with Crippen molar-refractivity contribution in [3.8, 4) is 0 Å². The smallest absolute Gasteiger partial charge is 0.255 e. The van der Waals surface area contributed by atoms with Crippen LogP contribution in [0.1, 0.15) is 21.5 Å². The Kier molecular flexibility index (Phi) is 4.97. The Morgan fingerprint density at radius 3 is 2.60 bits per heavy atom. The Bertz CT molecular complexity index is 1250. The second-order valence-electron chi connectivity index (χ2n) is 7.57. The Hall–Kier alpha value is -2.82. The molecule has 6 heteroatoms.